The van der Waals surface area contributed by atoms with Crippen LogP contribution in [0.3, 0.4) is 0 Å². The summed E-state index contributed by atoms with van der Waals surface area (Å²) in [4.78, 5) is 37.4. The molecule has 0 bridgehead atoms. The Hall–Kier alpha value is -4.11. The standard InChI is InChI=1S/C23H20N4O4S/c1-2-26(18-8-4-3-5-9-18)22(29)16-12-14-17(15-13-16)24-23(32)25-21(28)19-10-6-7-11-20(19)27(30)31/h3-15H,2H2,1H3,(H2,24,25,28,32). The Morgan fingerprint density at radius 1 is 0.969 bits per heavy atom. The zero-order chi connectivity index (χ0) is 23.1. The minimum Gasteiger partial charge on any atom is -0.332 e. The molecule has 0 aromatic heterocycles. The van der Waals surface area contributed by atoms with Crippen LogP contribution < -0.4 is 15.5 Å². The number of amides is 2. The zero-order valence-corrected chi connectivity index (χ0v) is 18.0. The molecule has 32 heavy (non-hydrogen) atoms. The molecule has 0 heterocycles. The summed E-state index contributed by atoms with van der Waals surface area (Å²) in [6.45, 7) is 2.42. The third kappa shape index (κ3) is 5.32. The highest BCUT2D eigenvalue weighted by molar-refractivity contribution is 7.80. The van der Waals surface area contributed by atoms with Crippen LogP contribution in [0.25, 0.3) is 0 Å². The molecule has 3 aromatic carbocycles. The summed E-state index contributed by atoms with van der Waals surface area (Å²) < 4.78 is 0. The topological polar surface area (TPSA) is 105 Å². The number of hydrogen-bond donors (Lipinski definition) is 2. The van der Waals surface area contributed by atoms with Crippen molar-refractivity contribution in [2.75, 3.05) is 16.8 Å². The zero-order valence-electron chi connectivity index (χ0n) is 17.1. The van der Waals surface area contributed by atoms with E-state index in [2.05, 4.69) is 10.6 Å². The summed E-state index contributed by atoms with van der Waals surface area (Å²) in [5.41, 5.74) is 1.45. The number of carbonyl (C=O) groups is 2. The monoisotopic (exact) mass is 448 g/mol. The van der Waals surface area contributed by atoms with Crippen LogP contribution in [-0.2, 0) is 0 Å². The highest BCUT2D eigenvalue weighted by atomic mass is 32.1. The van der Waals surface area contributed by atoms with Crippen molar-refractivity contribution in [3.8, 4) is 0 Å². The van der Waals surface area contributed by atoms with Crippen LogP contribution in [0.5, 0.6) is 0 Å². The summed E-state index contributed by atoms with van der Waals surface area (Å²) in [7, 11) is 0. The number of carbonyl (C=O) groups excluding carboxylic acids is 2. The predicted octanol–water partition coefficient (Wildman–Crippen LogP) is 4.39. The van der Waals surface area contributed by atoms with E-state index in [0.717, 1.165) is 5.69 Å². The van der Waals surface area contributed by atoms with Crippen LogP contribution in [0.2, 0.25) is 0 Å². The number of benzene rings is 3. The van der Waals surface area contributed by atoms with Crippen LogP contribution in [0.4, 0.5) is 17.1 Å². The van der Waals surface area contributed by atoms with Crippen LogP contribution in [-0.4, -0.2) is 28.4 Å². The second kappa shape index (κ2) is 10.3. The number of anilines is 2. The summed E-state index contributed by atoms with van der Waals surface area (Å²) in [5, 5.41) is 16.3. The first-order valence-corrected chi connectivity index (χ1v) is 10.1. The maximum absolute atomic E-state index is 12.9. The van der Waals surface area contributed by atoms with Gasteiger partial charge < -0.3 is 10.2 Å². The molecule has 162 valence electrons. The maximum Gasteiger partial charge on any atom is 0.282 e. The van der Waals surface area contributed by atoms with Gasteiger partial charge in [-0.3, -0.25) is 25.0 Å². The average molecular weight is 449 g/mol. The van der Waals surface area contributed by atoms with Crippen molar-refractivity contribution in [3.05, 3.63) is 100 Å². The lowest BCUT2D eigenvalue weighted by Crippen LogP contribution is -2.34. The fourth-order valence-electron chi connectivity index (χ4n) is 3.06. The summed E-state index contributed by atoms with van der Waals surface area (Å²) in [5.74, 6) is -0.833. The van der Waals surface area contributed by atoms with Crippen LogP contribution in [0, 0.1) is 10.1 Å². The quantitative estimate of drug-likeness (QED) is 0.329. The first-order chi connectivity index (χ1) is 15.4. The number of rotatable bonds is 6. The van der Waals surface area contributed by atoms with Gasteiger partial charge in [-0.2, -0.15) is 0 Å². The van der Waals surface area contributed by atoms with Gasteiger partial charge in [0.2, 0.25) is 0 Å². The van der Waals surface area contributed by atoms with E-state index in [-0.39, 0.29) is 22.3 Å². The molecule has 2 amide bonds. The van der Waals surface area contributed by atoms with Gasteiger partial charge in [0.05, 0.1) is 4.92 Å². The fraction of sp³-hybridized carbons (Fsp3) is 0.0870. The Morgan fingerprint density at radius 3 is 2.22 bits per heavy atom. The molecule has 0 aliphatic rings. The average Bonchev–Trinajstić information content (AvgIpc) is 2.80. The number of thiocarbonyl (C=S) groups is 1. The largest absolute Gasteiger partial charge is 0.332 e. The molecule has 9 heteroatoms. The molecule has 2 N–H and O–H groups in total. The van der Waals surface area contributed by atoms with E-state index in [1.165, 1.54) is 24.3 Å². The summed E-state index contributed by atoms with van der Waals surface area (Å²) in [6, 6.07) is 21.6. The van der Waals surface area contributed by atoms with Gasteiger partial charge in [-0.1, -0.05) is 30.3 Å². The molecule has 3 rings (SSSR count). The van der Waals surface area contributed by atoms with Crippen molar-refractivity contribution in [2.24, 2.45) is 0 Å². The van der Waals surface area contributed by atoms with Crippen molar-refractivity contribution in [3.63, 3.8) is 0 Å². The number of nitro groups is 1. The van der Waals surface area contributed by atoms with Gasteiger partial charge in [0.25, 0.3) is 17.5 Å². The SMILES string of the molecule is CCN(C(=O)c1ccc(NC(=S)NC(=O)c2ccccc2[N+](=O)[O-])cc1)c1ccccc1. The number of nitrogens with one attached hydrogen (secondary N) is 2. The first-order valence-electron chi connectivity index (χ1n) is 9.73. The van der Waals surface area contributed by atoms with Crippen molar-refractivity contribution in [1.82, 2.24) is 5.32 Å². The van der Waals surface area contributed by atoms with E-state index in [1.54, 1.807) is 29.2 Å². The Kier molecular flexibility index (Phi) is 7.25. The molecule has 0 aliphatic carbocycles. The van der Waals surface area contributed by atoms with Gasteiger partial charge in [0.15, 0.2) is 5.11 Å². The van der Waals surface area contributed by atoms with E-state index in [0.29, 0.717) is 17.8 Å². The van der Waals surface area contributed by atoms with Gasteiger partial charge in [-0.05, 0) is 61.6 Å². The van der Waals surface area contributed by atoms with E-state index in [9.17, 15) is 19.7 Å². The van der Waals surface area contributed by atoms with Crippen molar-refractivity contribution in [2.45, 2.75) is 6.92 Å². The fourth-order valence-corrected chi connectivity index (χ4v) is 3.27. The van der Waals surface area contributed by atoms with E-state index >= 15 is 0 Å². The molecule has 0 fully saturated rings. The van der Waals surface area contributed by atoms with Gasteiger partial charge in [-0.15, -0.1) is 0 Å². The second-order valence-corrected chi connectivity index (χ2v) is 7.05. The van der Waals surface area contributed by atoms with Crippen molar-refractivity contribution in [1.29, 1.82) is 0 Å². The third-order valence-electron chi connectivity index (χ3n) is 4.59. The first kappa shape index (κ1) is 22.6. The second-order valence-electron chi connectivity index (χ2n) is 6.64. The molecule has 0 unspecified atom stereocenters. The molecular formula is C23H20N4O4S. The van der Waals surface area contributed by atoms with Crippen molar-refractivity contribution < 1.29 is 14.5 Å². The molecule has 0 spiro atoms. The van der Waals surface area contributed by atoms with Gasteiger partial charge in [-0.25, -0.2) is 0 Å². The summed E-state index contributed by atoms with van der Waals surface area (Å²) in [6.07, 6.45) is 0. The molecular weight excluding hydrogens is 428 g/mol. The lowest BCUT2D eigenvalue weighted by Gasteiger charge is -2.21. The molecule has 0 atom stereocenters. The molecule has 0 saturated carbocycles. The molecule has 8 nitrogen and oxygen atoms in total. The van der Waals surface area contributed by atoms with Gasteiger partial charge >= 0.3 is 0 Å². The highest BCUT2D eigenvalue weighted by Crippen LogP contribution is 2.19. The molecule has 0 radical (unpaired) electrons. The number of nitro benzene ring substituents is 1. The Morgan fingerprint density at radius 2 is 1.59 bits per heavy atom. The summed E-state index contributed by atoms with van der Waals surface area (Å²) >= 11 is 5.14. The van der Waals surface area contributed by atoms with Gasteiger partial charge in [0, 0.05) is 29.5 Å². The molecule has 0 aliphatic heterocycles. The van der Waals surface area contributed by atoms with Crippen LogP contribution in [0.1, 0.15) is 27.6 Å². The number of para-hydroxylation sites is 2. The minimum atomic E-state index is -0.692. The van der Waals surface area contributed by atoms with E-state index in [1.807, 2.05) is 37.3 Å². The van der Waals surface area contributed by atoms with Crippen LogP contribution in [0.15, 0.2) is 78.9 Å². The highest BCUT2D eigenvalue weighted by Gasteiger charge is 2.20. The predicted molar refractivity (Wildman–Crippen MR) is 127 cm³/mol. The Balaban J connectivity index is 1.65. The van der Waals surface area contributed by atoms with Crippen molar-refractivity contribution >= 4 is 46.2 Å². The lowest BCUT2D eigenvalue weighted by molar-refractivity contribution is -0.385. The maximum atomic E-state index is 12.9. The smallest absolute Gasteiger partial charge is 0.282 e. The number of hydrogen-bond acceptors (Lipinski definition) is 5. The third-order valence-corrected chi connectivity index (χ3v) is 4.80. The normalized spacial score (nSPS) is 10.2. The molecule has 0 saturated heterocycles. The van der Waals surface area contributed by atoms with E-state index in [4.69, 9.17) is 12.2 Å². The Bertz CT molecular complexity index is 1150. The van der Waals surface area contributed by atoms with E-state index < -0.39 is 10.8 Å². The Labute approximate surface area is 190 Å². The molecule has 3 aromatic rings. The lowest BCUT2D eigenvalue weighted by atomic mass is 10.1. The van der Waals surface area contributed by atoms with Gasteiger partial charge in [0.1, 0.15) is 5.56 Å². The number of nitrogens with zero attached hydrogens (tertiary/aromatic N) is 2. The minimum absolute atomic E-state index is 0.0216. The van der Waals surface area contributed by atoms with Crippen LogP contribution >= 0.6 is 12.2 Å².